The predicted molar refractivity (Wildman–Crippen MR) is 75.2 cm³/mol. The van der Waals surface area contributed by atoms with Crippen molar-refractivity contribution in [1.29, 1.82) is 0 Å². The molecule has 0 radical (unpaired) electrons. The Hall–Kier alpha value is -1.05. The van der Waals surface area contributed by atoms with Crippen molar-refractivity contribution >= 4 is 5.97 Å². The minimum Gasteiger partial charge on any atom is -0.459 e. The summed E-state index contributed by atoms with van der Waals surface area (Å²) in [6.07, 6.45) is 8.97. The van der Waals surface area contributed by atoms with Gasteiger partial charge in [-0.1, -0.05) is 26.0 Å². The van der Waals surface area contributed by atoms with E-state index in [2.05, 4.69) is 20.1 Å². The minimum absolute atomic E-state index is 0.0972. The number of allylic oxidation sites excluding steroid dienone is 1. The topological polar surface area (TPSA) is 26.3 Å². The highest BCUT2D eigenvalue weighted by atomic mass is 16.5. The Morgan fingerprint density at radius 2 is 2.11 bits per heavy atom. The zero-order valence-corrected chi connectivity index (χ0v) is 11.8. The molecule has 0 heterocycles. The molecule has 3 atom stereocenters. The molecular formula is C16H26O2. The number of esters is 1. The highest BCUT2D eigenvalue weighted by Crippen LogP contribution is 2.31. The Bertz CT molecular complexity index is 306. The normalized spacial score (nSPS) is 25.2. The van der Waals surface area contributed by atoms with Crippen molar-refractivity contribution in [3.8, 4) is 0 Å². The lowest BCUT2D eigenvalue weighted by molar-refractivity contribution is -0.148. The number of carbonyl (C=O) groups is 1. The molecule has 1 saturated carbocycles. The van der Waals surface area contributed by atoms with Gasteiger partial charge in [0.25, 0.3) is 0 Å². The molecule has 3 unspecified atom stereocenters. The molecule has 2 heteroatoms. The van der Waals surface area contributed by atoms with E-state index < -0.39 is 0 Å². The van der Waals surface area contributed by atoms with Crippen LogP contribution in [0.1, 0.15) is 52.4 Å². The van der Waals surface area contributed by atoms with E-state index in [-0.39, 0.29) is 12.1 Å². The first-order valence-electron chi connectivity index (χ1n) is 7.03. The monoisotopic (exact) mass is 250 g/mol. The van der Waals surface area contributed by atoms with Crippen LogP contribution in [0.15, 0.2) is 24.8 Å². The van der Waals surface area contributed by atoms with Crippen LogP contribution in [-0.2, 0) is 9.53 Å². The summed E-state index contributed by atoms with van der Waals surface area (Å²) in [5.74, 6) is 0.831. The molecule has 18 heavy (non-hydrogen) atoms. The smallest absolute Gasteiger partial charge is 0.333 e. The Morgan fingerprint density at radius 1 is 1.44 bits per heavy atom. The van der Waals surface area contributed by atoms with E-state index in [4.69, 9.17) is 4.74 Å². The molecule has 0 amide bonds. The predicted octanol–water partition coefficient (Wildman–Crippen LogP) is 4.27. The number of ether oxygens (including phenoxy) is 1. The van der Waals surface area contributed by atoms with Crippen LogP contribution in [0, 0.1) is 11.8 Å². The summed E-state index contributed by atoms with van der Waals surface area (Å²) >= 11 is 0. The van der Waals surface area contributed by atoms with Gasteiger partial charge in [0.2, 0.25) is 0 Å². The lowest BCUT2D eigenvalue weighted by Gasteiger charge is -2.31. The standard InChI is InChI=1S/C16H26O2/c1-5-13(4)10-11-14-8-6-7-9-15(14)18-16(17)12(2)3/h5,13-15H,1-2,6-11H2,3-4H3. The van der Waals surface area contributed by atoms with Gasteiger partial charge in [-0.15, -0.1) is 6.58 Å². The van der Waals surface area contributed by atoms with Crippen molar-refractivity contribution in [3.05, 3.63) is 24.8 Å². The van der Waals surface area contributed by atoms with Crippen LogP contribution in [0.3, 0.4) is 0 Å². The first-order valence-corrected chi connectivity index (χ1v) is 7.03. The Kier molecular flexibility index (Phi) is 6.17. The second-order valence-corrected chi connectivity index (χ2v) is 5.56. The maximum Gasteiger partial charge on any atom is 0.333 e. The highest BCUT2D eigenvalue weighted by molar-refractivity contribution is 5.87. The fourth-order valence-electron chi connectivity index (χ4n) is 2.49. The van der Waals surface area contributed by atoms with Crippen LogP contribution >= 0.6 is 0 Å². The zero-order valence-electron chi connectivity index (χ0n) is 11.8. The third-order valence-corrected chi connectivity index (χ3v) is 3.84. The van der Waals surface area contributed by atoms with Crippen LogP contribution < -0.4 is 0 Å². The quantitative estimate of drug-likeness (QED) is 0.400. The van der Waals surface area contributed by atoms with E-state index in [1.807, 2.05) is 6.08 Å². The van der Waals surface area contributed by atoms with Gasteiger partial charge < -0.3 is 4.74 Å². The first-order chi connectivity index (χ1) is 8.54. The Balaban J connectivity index is 2.48. The van der Waals surface area contributed by atoms with E-state index >= 15 is 0 Å². The molecule has 0 aromatic rings. The van der Waals surface area contributed by atoms with Gasteiger partial charge in [-0.2, -0.15) is 0 Å². The van der Waals surface area contributed by atoms with Crippen molar-refractivity contribution in [2.24, 2.45) is 11.8 Å². The molecule has 1 aliphatic carbocycles. The van der Waals surface area contributed by atoms with Crippen molar-refractivity contribution in [2.45, 2.75) is 58.5 Å². The number of hydrogen-bond acceptors (Lipinski definition) is 2. The van der Waals surface area contributed by atoms with Gasteiger partial charge in [0.05, 0.1) is 0 Å². The Labute approximate surface area is 111 Å². The molecule has 102 valence electrons. The summed E-state index contributed by atoms with van der Waals surface area (Å²) < 4.78 is 5.57. The van der Waals surface area contributed by atoms with E-state index in [9.17, 15) is 4.79 Å². The van der Waals surface area contributed by atoms with Gasteiger partial charge in [0.1, 0.15) is 6.10 Å². The summed E-state index contributed by atoms with van der Waals surface area (Å²) in [6.45, 7) is 11.4. The van der Waals surface area contributed by atoms with E-state index in [1.165, 1.54) is 19.3 Å². The molecule has 0 aliphatic heterocycles. The molecule has 0 saturated heterocycles. The number of rotatable bonds is 6. The molecule has 1 rings (SSSR count). The highest BCUT2D eigenvalue weighted by Gasteiger charge is 2.28. The molecule has 0 bridgehead atoms. The summed E-state index contributed by atoms with van der Waals surface area (Å²) in [7, 11) is 0. The third kappa shape index (κ3) is 4.67. The van der Waals surface area contributed by atoms with Gasteiger partial charge in [-0.25, -0.2) is 4.79 Å². The van der Waals surface area contributed by atoms with Crippen molar-refractivity contribution in [3.63, 3.8) is 0 Å². The lowest BCUT2D eigenvalue weighted by atomic mass is 9.82. The molecule has 0 spiro atoms. The van der Waals surface area contributed by atoms with E-state index in [1.54, 1.807) is 6.92 Å². The van der Waals surface area contributed by atoms with Gasteiger partial charge in [-0.3, -0.25) is 0 Å². The fourth-order valence-corrected chi connectivity index (χ4v) is 2.49. The summed E-state index contributed by atoms with van der Waals surface area (Å²) in [6, 6.07) is 0. The summed E-state index contributed by atoms with van der Waals surface area (Å²) in [5, 5.41) is 0. The minimum atomic E-state index is -0.233. The van der Waals surface area contributed by atoms with Gasteiger partial charge >= 0.3 is 5.97 Å². The van der Waals surface area contributed by atoms with Gasteiger partial charge in [-0.05, 0) is 50.9 Å². The zero-order chi connectivity index (χ0) is 13.5. The van der Waals surface area contributed by atoms with Gasteiger partial charge in [0, 0.05) is 5.57 Å². The lowest BCUT2D eigenvalue weighted by Crippen LogP contribution is -2.30. The van der Waals surface area contributed by atoms with Crippen LogP contribution in [0.2, 0.25) is 0 Å². The van der Waals surface area contributed by atoms with E-state index in [0.717, 1.165) is 19.3 Å². The fraction of sp³-hybridized carbons (Fsp3) is 0.688. The number of carbonyl (C=O) groups excluding carboxylic acids is 1. The molecule has 1 fully saturated rings. The average molecular weight is 250 g/mol. The molecule has 0 aromatic carbocycles. The number of hydrogen-bond donors (Lipinski definition) is 0. The Morgan fingerprint density at radius 3 is 2.72 bits per heavy atom. The summed E-state index contributed by atoms with van der Waals surface area (Å²) in [4.78, 5) is 11.6. The molecule has 2 nitrogen and oxygen atoms in total. The van der Waals surface area contributed by atoms with E-state index in [0.29, 0.717) is 17.4 Å². The average Bonchev–Trinajstić information content (AvgIpc) is 2.37. The molecular weight excluding hydrogens is 224 g/mol. The maximum absolute atomic E-state index is 11.6. The van der Waals surface area contributed by atoms with Gasteiger partial charge in [0.15, 0.2) is 0 Å². The van der Waals surface area contributed by atoms with Crippen LogP contribution in [0.5, 0.6) is 0 Å². The second kappa shape index (κ2) is 7.40. The van der Waals surface area contributed by atoms with Crippen LogP contribution in [-0.4, -0.2) is 12.1 Å². The van der Waals surface area contributed by atoms with Crippen LogP contribution in [0.4, 0.5) is 0 Å². The second-order valence-electron chi connectivity index (χ2n) is 5.56. The maximum atomic E-state index is 11.6. The van der Waals surface area contributed by atoms with Crippen molar-refractivity contribution in [2.75, 3.05) is 0 Å². The molecule has 0 N–H and O–H groups in total. The van der Waals surface area contributed by atoms with Crippen molar-refractivity contribution in [1.82, 2.24) is 0 Å². The summed E-state index contributed by atoms with van der Waals surface area (Å²) in [5.41, 5.74) is 0.499. The molecule has 1 aliphatic rings. The van der Waals surface area contributed by atoms with Crippen molar-refractivity contribution < 1.29 is 9.53 Å². The third-order valence-electron chi connectivity index (χ3n) is 3.84. The largest absolute Gasteiger partial charge is 0.459 e. The molecule has 0 aromatic heterocycles. The van der Waals surface area contributed by atoms with Crippen LogP contribution in [0.25, 0.3) is 0 Å². The first kappa shape index (κ1) is 15.0. The SMILES string of the molecule is C=CC(C)CCC1CCCCC1OC(=O)C(=C)C.